The Bertz CT molecular complexity index is 513. The number of amides is 1. The van der Waals surface area contributed by atoms with E-state index in [-0.39, 0.29) is 0 Å². The van der Waals surface area contributed by atoms with Crippen LogP contribution in [0, 0.1) is 0 Å². The van der Waals surface area contributed by atoms with E-state index in [4.69, 9.17) is 0 Å². The molecular weight excluding hydrogens is 290 g/mol. The van der Waals surface area contributed by atoms with Crippen molar-refractivity contribution >= 4 is 22.3 Å². The third kappa shape index (κ3) is 3.70. The smallest absolute Gasteiger partial charge is 0.312 e. The maximum atomic E-state index is 11.0. The molecule has 1 amide bonds. The maximum absolute atomic E-state index is 11.0. The van der Waals surface area contributed by atoms with E-state index in [0.29, 0.717) is 13.1 Å². The van der Waals surface area contributed by atoms with Crippen LogP contribution in [0.2, 0.25) is 0 Å². The Morgan fingerprint density at radius 3 is 2.28 bits per heavy atom. The fourth-order valence-corrected chi connectivity index (χ4v) is 2.23. The van der Waals surface area contributed by atoms with Gasteiger partial charge < -0.3 is 4.90 Å². The van der Waals surface area contributed by atoms with Crippen LogP contribution in [-0.4, -0.2) is 11.3 Å². The van der Waals surface area contributed by atoms with Gasteiger partial charge in [0.15, 0.2) is 0 Å². The zero-order chi connectivity index (χ0) is 12.8. The Morgan fingerprint density at radius 1 is 0.944 bits per heavy atom. The number of rotatable bonds is 5. The van der Waals surface area contributed by atoms with Crippen LogP contribution in [0.3, 0.4) is 0 Å². The van der Waals surface area contributed by atoms with Crippen molar-refractivity contribution < 1.29 is 4.79 Å². The van der Waals surface area contributed by atoms with E-state index in [1.54, 1.807) is 4.90 Å². The molecule has 0 atom stereocenters. The normalized spacial score (nSPS) is 10.1. The predicted molar refractivity (Wildman–Crippen MR) is 75.5 cm³/mol. The largest absolute Gasteiger partial charge is 0.326 e. The second-order valence-corrected chi connectivity index (χ2v) is 4.98. The van der Waals surface area contributed by atoms with Crippen LogP contribution < -0.4 is 0 Å². The SMILES string of the molecule is O=[C]N(Cc1ccccc1)Cc1cccc(Br)c1. The van der Waals surface area contributed by atoms with Gasteiger partial charge in [0.05, 0.1) is 0 Å². The van der Waals surface area contributed by atoms with Crippen molar-refractivity contribution in [2.75, 3.05) is 0 Å². The first-order chi connectivity index (χ1) is 8.78. The van der Waals surface area contributed by atoms with Gasteiger partial charge in [0.25, 0.3) is 0 Å². The number of hydrogen-bond donors (Lipinski definition) is 0. The molecule has 18 heavy (non-hydrogen) atoms. The van der Waals surface area contributed by atoms with Gasteiger partial charge in [0, 0.05) is 17.6 Å². The number of hydrogen-bond acceptors (Lipinski definition) is 1. The molecule has 2 nitrogen and oxygen atoms in total. The van der Waals surface area contributed by atoms with Crippen molar-refractivity contribution in [3.05, 3.63) is 70.2 Å². The summed E-state index contributed by atoms with van der Waals surface area (Å²) in [5, 5.41) is 0. The van der Waals surface area contributed by atoms with E-state index < -0.39 is 0 Å². The minimum atomic E-state index is 0.567. The summed E-state index contributed by atoms with van der Waals surface area (Å²) in [6, 6.07) is 17.9. The Hall–Kier alpha value is -1.61. The molecular formula is C15H13BrNO. The number of carbonyl (C=O) groups excluding carboxylic acids is 1. The monoisotopic (exact) mass is 302 g/mol. The van der Waals surface area contributed by atoms with Crippen LogP contribution in [0.4, 0.5) is 0 Å². The molecule has 0 heterocycles. The van der Waals surface area contributed by atoms with Crippen LogP contribution in [0.1, 0.15) is 11.1 Å². The van der Waals surface area contributed by atoms with Crippen LogP contribution >= 0.6 is 15.9 Å². The molecule has 0 spiro atoms. The van der Waals surface area contributed by atoms with Crippen LogP contribution in [0.5, 0.6) is 0 Å². The fourth-order valence-electron chi connectivity index (χ4n) is 1.78. The highest BCUT2D eigenvalue weighted by Crippen LogP contribution is 2.14. The van der Waals surface area contributed by atoms with E-state index in [9.17, 15) is 4.79 Å². The molecule has 0 aromatic heterocycles. The van der Waals surface area contributed by atoms with Crippen molar-refractivity contribution in [2.45, 2.75) is 13.1 Å². The zero-order valence-electron chi connectivity index (χ0n) is 9.84. The predicted octanol–water partition coefficient (Wildman–Crippen LogP) is 3.52. The third-order valence-corrected chi connectivity index (χ3v) is 3.10. The van der Waals surface area contributed by atoms with Crippen LogP contribution in [0.15, 0.2) is 59.1 Å². The first kappa shape index (κ1) is 12.8. The maximum Gasteiger partial charge on any atom is 0.312 e. The summed E-state index contributed by atoms with van der Waals surface area (Å²) in [6.45, 7) is 1.15. The second kappa shape index (κ2) is 6.36. The molecule has 1 radical (unpaired) electrons. The molecule has 0 saturated carbocycles. The molecule has 0 aliphatic heterocycles. The van der Waals surface area contributed by atoms with Crippen molar-refractivity contribution in [1.82, 2.24) is 4.90 Å². The molecule has 91 valence electrons. The average Bonchev–Trinajstić information content (AvgIpc) is 2.39. The summed E-state index contributed by atoms with van der Waals surface area (Å²) < 4.78 is 1.02. The number of halogens is 1. The quantitative estimate of drug-likeness (QED) is 0.774. The molecule has 0 aliphatic rings. The van der Waals surface area contributed by atoms with Crippen LogP contribution in [-0.2, 0) is 17.9 Å². The summed E-state index contributed by atoms with van der Waals surface area (Å²) in [5.41, 5.74) is 2.19. The van der Waals surface area contributed by atoms with Crippen LogP contribution in [0.25, 0.3) is 0 Å². The summed E-state index contributed by atoms with van der Waals surface area (Å²) in [7, 11) is 0. The minimum Gasteiger partial charge on any atom is -0.326 e. The number of benzene rings is 2. The summed E-state index contributed by atoms with van der Waals surface area (Å²) in [5.74, 6) is 0. The Labute approximate surface area is 115 Å². The van der Waals surface area contributed by atoms with Gasteiger partial charge >= 0.3 is 6.41 Å². The van der Waals surface area contributed by atoms with Gasteiger partial charge in [-0.3, -0.25) is 4.79 Å². The van der Waals surface area contributed by atoms with E-state index in [2.05, 4.69) is 15.9 Å². The average molecular weight is 303 g/mol. The lowest BCUT2D eigenvalue weighted by Gasteiger charge is -2.16. The van der Waals surface area contributed by atoms with Gasteiger partial charge in [0.2, 0.25) is 0 Å². The number of nitrogens with zero attached hydrogens (tertiary/aromatic N) is 1. The molecule has 0 unspecified atom stereocenters. The highest BCUT2D eigenvalue weighted by atomic mass is 79.9. The lowest BCUT2D eigenvalue weighted by Crippen LogP contribution is -2.20. The summed E-state index contributed by atoms with van der Waals surface area (Å²) in [4.78, 5) is 12.6. The third-order valence-electron chi connectivity index (χ3n) is 2.61. The summed E-state index contributed by atoms with van der Waals surface area (Å²) >= 11 is 3.42. The summed E-state index contributed by atoms with van der Waals surface area (Å²) in [6.07, 6.45) is 1.99. The molecule has 0 saturated heterocycles. The van der Waals surface area contributed by atoms with Crippen molar-refractivity contribution in [3.63, 3.8) is 0 Å². The van der Waals surface area contributed by atoms with E-state index >= 15 is 0 Å². The van der Waals surface area contributed by atoms with Gasteiger partial charge in [-0.15, -0.1) is 0 Å². The molecule has 2 rings (SSSR count). The van der Waals surface area contributed by atoms with Gasteiger partial charge in [0.1, 0.15) is 0 Å². The molecule has 0 N–H and O–H groups in total. The van der Waals surface area contributed by atoms with Gasteiger partial charge in [-0.2, -0.15) is 0 Å². The first-order valence-corrected chi connectivity index (χ1v) is 6.48. The second-order valence-electron chi connectivity index (χ2n) is 4.06. The Morgan fingerprint density at radius 2 is 1.61 bits per heavy atom. The fraction of sp³-hybridized carbons (Fsp3) is 0.133. The van der Waals surface area contributed by atoms with Crippen molar-refractivity contribution in [3.8, 4) is 0 Å². The topological polar surface area (TPSA) is 20.3 Å². The molecule has 3 heteroatoms. The highest BCUT2D eigenvalue weighted by molar-refractivity contribution is 9.10. The van der Waals surface area contributed by atoms with Gasteiger partial charge in [-0.05, 0) is 23.3 Å². The van der Waals surface area contributed by atoms with Crippen molar-refractivity contribution in [2.24, 2.45) is 0 Å². The lowest BCUT2D eigenvalue weighted by atomic mass is 10.2. The van der Waals surface area contributed by atoms with E-state index in [1.807, 2.05) is 61.0 Å². The van der Waals surface area contributed by atoms with Crippen molar-refractivity contribution in [1.29, 1.82) is 0 Å². The molecule has 0 aliphatic carbocycles. The molecule has 2 aromatic rings. The van der Waals surface area contributed by atoms with E-state index in [0.717, 1.165) is 15.6 Å². The standard InChI is InChI=1S/C15H13BrNO/c16-15-8-4-7-14(9-15)11-17(12-18)10-13-5-2-1-3-6-13/h1-9H,10-11H2. The minimum absolute atomic E-state index is 0.567. The highest BCUT2D eigenvalue weighted by Gasteiger charge is 2.05. The van der Waals surface area contributed by atoms with Gasteiger partial charge in [-0.1, -0.05) is 58.4 Å². The lowest BCUT2D eigenvalue weighted by molar-refractivity contribution is 0.368. The van der Waals surface area contributed by atoms with Gasteiger partial charge in [-0.25, -0.2) is 0 Å². The molecule has 0 fully saturated rings. The zero-order valence-corrected chi connectivity index (χ0v) is 11.4. The first-order valence-electron chi connectivity index (χ1n) is 5.69. The molecule has 0 bridgehead atoms. The molecule has 2 aromatic carbocycles. The van der Waals surface area contributed by atoms with E-state index in [1.165, 1.54) is 0 Å². The Kier molecular flexibility index (Phi) is 4.53. The Balaban J connectivity index is 2.04.